The molecule has 0 radical (unpaired) electrons. The van der Waals surface area contributed by atoms with Crippen LogP contribution in [0.4, 0.5) is 0 Å². The van der Waals surface area contributed by atoms with E-state index in [0.29, 0.717) is 55.6 Å². The van der Waals surface area contributed by atoms with Gasteiger partial charge in [0.2, 0.25) is 0 Å². The number of thiazole rings is 1. The molecule has 2 aromatic heterocycles. The fourth-order valence-electron chi connectivity index (χ4n) is 4.81. The zero-order chi connectivity index (χ0) is 30.1. The van der Waals surface area contributed by atoms with Crippen LogP contribution >= 0.6 is 11.3 Å². The maximum atomic E-state index is 13.9. The molecule has 0 saturated heterocycles. The summed E-state index contributed by atoms with van der Waals surface area (Å²) in [6.45, 7) is 9.55. The van der Waals surface area contributed by atoms with Gasteiger partial charge in [0, 0.05) is 11.6 Å². The molecule has 1 aliphatic heterocycles. The van der Waals surface area contributed by atoms with Gasteiger partial charge in [0.25, 0.3) is 5.56 Å². The van der Waals surface area contributed by atoms with Crippen LogP contribution in [-0.4, -0.2) is 34.3 Å². The zero-order valence-corrected chi connectivity index (χ0v) is 24.7. The van der Waals surface area contributed by atoms with E-state index in [4.69, 9.17) is 13.9 Å². The Labute approximate surface area is 245 Å². The molecule has 0 bridgehead atoms. The standard InChI is InChI=1S/C32H30N2O7S/c1-6-39-22-11-9-20(10-12-22)28-27(31(38)40-17(2)3)19(5)33-32-34(28)29(35)26(42-32)16-23-13-14-25(41-23)24-15-21(30(36)37)8-7-18(24)4/h7-17,28H,6H2,1-5H3,(H,36,37)/b26-16+/t28-/m0/s1. The van der Waals surface area contributed by atoms with E-state index in [2.05, 4.69) is 4.99 Å². The minimum absolute atomic E-state index is 0.151. The van der Waals surface area contributed by atoms with Crippen molar-refractivity contribution in [1.29, 1.82) is 0 Å². The van der Waals surface area contributed by atoms with Crippen LogP contribution in [0, 0.1) is 6.92 Å². The molecule has 0 fully saturated rings. The van der Waals surface area contributed by atoms with Crippen LogP contribution in [0.15, 0.2) is 80.1 Å². The number of aromatic nitrogens is 1. The van der Waals surface area contributed by atoms with E-state index in [1.165, 1.54) is 15.9 Å². The number of hydrogen-bond donors (Lipinski definition) is 1. The second kappa shape index (κ2) is 11.7. The Morgan fingerprint density at radius 2 is 1.86 bits per heavy atom. The normalized spacial score (nSPS) is 15.0. The Balaban J connectivity index is 1.61. The lowest BCUT2D eigenvalue weighted by molar-refractivity contribution is -0.143. The number of benzene rings is 2. The van der Waals surface area contributed by atoms with Gasteiger partial charge in [-0.1, -0.05) is 29.5 Å². The highest BCUT2D eigenvalue weighted by Crippen LogP contribution is 2.32. The van der Waals surface area contributed by atoms with Crippen LogP contribution in [-0.2, 0) is 9.53 Å². The van der Waals surface area contributed by atoms with Gasteiger partial charge in [0.15, 0.2) is 4.80 Å². The van der Waals surface area contributed by atoms with Crippen molar-refractivity contribution in [2.24, 2.45) is 4.99 Å². The lowest BCUT2D eigenvalue weighted by atomic mass is 9.96. The van der Waals surface area contributed by atoms with Gasteiger partial charge in [-0.2, -0.15) is 0 Å². The van der Waals surface area contributed by atoms with E-state index < -0.39 is 18.0 Å². The summed E-state index contributed by atoms with van der Waals surface area (Å²) in [5.74, 6) is 0.0187. The van der Waals surface area contributed by atoms with Crippen molar-refractivity contribution in [3.8, 4) is 17.1 Å². The molecule has 1 aliphatic rings. The number of fused-ring (bicyclic) bond motifs is 1. The smallest absolute Gasteiger partial charge is 0.338 e. The number of rotatable bonds is 8. The Morgan fingerprint density at radius 1 is 1.12 bits per heavy atom. The molecule has 0 aliphatic carbocycles. The fraction of sp³-hybridized carbons (Fsp3) is 0.250. The van der Waals surface area contributed by atoms with E-state index in [9.17, 15) is 19.5 Å². The summed E-state index contributed by atoms with van der Waals surface area (Å²) >= 11 is 1.19. The molecule has 10 heteroatoms. The Kier molecular flexibility index (Phi) is 8.00. The van der Waals surface area contributed by atoms with Crippen molar-refractivity contribution in [3.05, 3.63) is 108 Å². The molecule has 2 aromatic carbocycles. The van der Waals surface area contributed by atoms with E-state index in [0.717, 1.165) is 5.56 Å². The van der Waals surface area contributed by atoms with Crippen LogP contribution in [0.2, 0.25) is 0 Å². The molecule has 0 spiro atoms. The topological polar surface area (TPSA) is 120 Å². The van der Waals surface area contributed by atoms with Crippen LogP contribution < -0.4 is 19.6 Å². The number of esters is 1. The maximum absolute atomic E-state index is 13.9. The third kappa shape index (κ3) is 5.58. The van der Waals surface area contributed by atoms with Gasteiger partial charge < -0.3 is 19.0 Å². The van der Waals surface area contributed by atoms with Crippen LogP contribution in [0.3, 0.4) is 0 Å². The van der Waals surface area contributed by atoms with Crippen LogP contribution in [0.1, 0.15) is 61.0 Å². The Morgan fingerprint density at radius 3 is 2.52 bits per heavy atom. The largest absolute Gasteiger partial charge is 0.494 e. The summed E-state index contributed by atoms with van der Waals surface area (Å²) in [7, 11) is 0. The number of aromatic carboxylic acids is 1. The number of hydrogen-bond acceptors (Lipinski definition) is 8. The number of allylic oxidation sites excluding steroid dienone is 1. The second-order valence-electron chi connectivity index (χ2n) is 10.1. The minimum Gasteiger partial charge on any atom is -0.494 e. The minimum atomic E-state index is -1.03. The molecular weight excluding hydrogens is 556 g/mol. The van der Waals surface area contributed by atoms with Crippen molar-refractivity contribution in [3.63, 3.8) is 0 Å². The molecule has 216 valence electrons. The van der Waals surface area contributed by atoms with Gasteiger partial charge in [-0.25, -0.2) is 14.6 Å². The van der Waals surface area contributed by atoms with Gasteiger partial charge >= 0.3 is 11.9 Å². The third-order valence-corrected chi connectivity index (χ3v) is 7.72. The molecule has 42 heavy (non-hydrogen) atoms. The number of nitrogens with zero attached hydrogens (tertiary/aromatic N) is 2. The number of carbonyl (C=O) groups is 2. The average molecular weight is 587 g/mol. The Hall–Kier alpha value is -4.70. The molecule has 0 saturated carbocycles. The van der Waals surface area contributed by atoms with Gasteiger partial charge in [0.1, 0.15) is 17.3 Å². The van der Waals surface area contributed by atoms with Crippen molar-refractivity contribution >= 4 is 29.4 Å². The summed E-state index contributed by atoms with van der Waals surface area (Å²) in [5, 5.41) is 9.39. The summed E-state index contributed by atoms with van der Waals surface area (Å²) in [4.78, 5) is 43.7. The number of carbonyl (C=O) groups excluding carboxylic acids is 1. The number of aryl methyl sites for hydroxylation is 1. The Bertz CT molecular complexity index is 1890. The quantitative estimate of drug-likeness (QED) is 0.293. The summed E-state index contributed by atoms with van der Waals surface area (Å²) in [6, 6.07) is 14.8. The molecule has 9 nitrogen and oxygen atoms in total. The molecular formula is C32H30N2O7S. The highest BCUT2D eigenvalue weighted by atomic mass is 32.1. The number of carboxylic acid groups (broad SMARTS) is 1. The maximum Gasteiger partial charge on any atom is 0.338 e. The van der Waals surface area contributed by atoms with Crippen molar-refractivity contribution in [1.82, 2.24) is 4.57 Å². The van der Waals surface area contributed by atoms with Gasteiger partial charge in [0.05, 0.1) is 40.1 Å². The first-order valence-electron chi connectivity index (χ1n) is 13.5. The molecule has 5 rings (SSSR count). The molecule has 1 atom stereocenters. The molecule has 4 aromatic rings. The van der Waals surface area contributed by atoms with Gasteiger partial charge in [-0.05, 0) is 82.1 Å². The predicted molar refractivity (Wildman–Crippen MR) is 158 cm³/mol. The molecule has 0 unspecified atom stereocenters. The average Bonchev–Trinajstić information content (AvgIpc) is 3.52. The highest BCUT2D eigenvalue weighted by Gasteiger charge is 2.33. The van der Waals surface area contributed by atoms with Crippen molar-refractivity contribution in [2.75, 3.05) is 6.61 Å². The molecule has 0 amide bonds. The van der Waals surface area contributed by atoms with Gasteiger partial charge in [-0.15, -0.1) is 0 Å². The lowest BCUT2D eigenvalue weighted by Crippen LogP contribution is -2.40. The third-order valence-electron chi connectivity index (χ3n) is 6.74. The van der Waals surface area contributed by atoms with Crippen LogP contribution in [0.5, 0.6) is 5.75 Å². The summed E-state index contributed by atoms with van der Waals surface area (Å²) < 4.78 is 19.1. The predicted octanol–water partition coefficient (Wildman–Crippen LogP) is 4.85. The molecule has 3 heterocycles. The molecule has 1 N–H and O–H groups in total. The number of furan rings is 1. The SMILES string of the molecule is CCOc1ccc([C@H]2C(C(=O)OC(C)C)=C(C)N=c3s/c(=C/c4ccc(-c5cc(C(=O)O)ccc5C)o4)c(=O)n32)cc1. The highest BCUT2D eigenvalue weighted by molar-refractivity contribution is 7.07. The van der Waals surface area contributed by atoms with Crippen molar-refractivity contribution < 1.29 is 28.6 Å². The zero-order valence-electron chi connectivity index (χ0n) is 23.8. The van der Waals surface area contributed by atoms with E-state index in [1.54, 1.807) is 69.3 Å². The van der Waals surface area contributed by atoms with E-state index >= 15 is 0 Å². The second-order valence-corrected chi connectivity index (χ2v) is 11.1. The first-order valence-corrected chi connectivity index (χ1v) is 14.3. The van der Waals surface area contributed by atoms with Crippen molar-refractivity contribution in [2.45, 2.75) is 46.8 Å². The van der Waals surface area contributed by atoms with E-state index in [-0.39, 0.29) is 17.2 Å². The summed E-state index contributed by atoms with van der Waals surface area (Å²) in [6.07, 6.45) is 1.28. The van der Waals surface area contributed by atoms with Crippen LogP contribution in [0.25, 0.3) is 17.4 Å². The number of ether oxygens (including phenoxy) is 2. The summed E-state index contributed by atoms with van der Waals surface area (Å²) in [5.41, 5.74) is 2.80. The van der Waals surface area contributed by atoms with Gasteiger partial charge in [-0.3, -0.25) is 9.36 Å². The number of carboxylic acids is 1. The first-order chi connectivity index (χ1) is 20.1. The lowest BCUT2D eigenvalue weighted by Gasteiger charge is -2.25. The van der Waals surface area contributed by atoms with E-state index in [1.807, 2.05) is 26.0 Å². The fourth-order valence-corrected chi connectivity index (χ4v) is 5.84. The first kappa shape index (κ1) is 28.8. The monoisotopic (exact) mass is 586 g/mol.